The van der Waals surface area contributed by atoms with E-state index in [9.17, 15) is 75.6 Å². The van der Waals surface area contributed by atoms with Gasteiger partial charge in [-0.05, 0) is 237 Å². The summed E-state index contributed by atoms with van der Waals surface area (Å²) in [6.45, 7) is 31.9. The SMILES string of the molecule is CC(C)(C)c1cc(C(C)(C)C)c(S(=O)(=O)[O-])c(C(C)(C)C)c1.CC(C)c1cc(C(C)C)c([I+]c2ccccc2)c(C(C)C)c1.O=C(OC(CS(=O)(=O)[O-])C(F)(F)F)c1cc(Br)cc(Br)c1O.O=C(Oc1c(I)cc(I)cc1I)C(F)(F)S(=O)(=O)[O-].c1ccc([I+]c2ccccc2)cc1.c1ccc([S+]2c3ccccc3Oc3ccccc32)cc1. The van der Waals surface area contributed by atoms with E-state index in [-0.39, 0.29) is 78.3 Å². The minimum Gasteiger partial charge on any atom is -0.748 e. The highest BCUT2D eigenvalue weighted by atomic mass is 127. The van der Waals surface area contributed by atoms with Crippen LogP contribution in [0.15, 0.2) is 247 Å². The summed E-state index contributed by atoms with van der Waals surface area (Å²) in [6.07, 6.45) is -8.40. The molecule has 1 unspecified atom stereocenters. The van der Waals surface area contributed by atoms with Gasteiger partial charge in [0.15, 0.2) is 43.0 Å². The average Bonchev–Trinajstić information content (AvgIpc) is 0.745. The number of rotatable bonds is 16. The Morgan fingerprint density at radius 2 is 0.932 bits per heavy atom. The molecule has 15 nitrogen and oxygen atoms in total. The third-order valence-corrected chi connectivity index (χ3v) is 30.6. The molecule has 10 aromatic carbocycles. The number of para-hydroxylation sites is 2. The summed E-state index contributed by atoms with van der Waals surface area (Å²) < 4.78 is 184. The van der Waals surface area contributed by atoms with Crippen LogP contribution in [0, 0.1) is 25.0 Å². The number of hydrogen-bond acceptors (Lipinski definition) is 15. The maximum Gasteiger partial charge on any atom is 0.429 e. The first-order valence-corrected chi connectivity index (χ1v) is 50.8. The van der Waals surface area contributed by atoms with Crippen molar-refractivity contribution < 1.29 is 132 Å². The Hall–Kier alpha value is -4.92. The topological polar surface area (TPSA) is 254 Å². The van der Waals surface area contributed by atoms with E-state index in [0.717, 1.165) is 26.7 Å². The zero-order valence-corrected chi connectivity index (χ0v) is 83.9. The fourth-order valence-electron chi connectivity index (χ4n) is 10.7. The number of hydrogen-bond donors (Lipinski definition) is 1. The number of carbonyl (C=O) groups is 2. The normalized spacial score (nSPS) is 12.7. The molecule has 31 heteroatoms. The molecule has 118 heavy (non-hydrogen) atoms. The number of carbonyl (C=O) groups excluding carboxylic acids is 2. The van der Waals surface area contributed by atoms with E-state index in [1.807, 2.05) is 101 Å². The van der Waals surface area contributed by atoms with Crippen LogP contribution in [0.3, 0.4) is 0 Å². The molecule has 0 saturated heterocycles. The van der Waals surface area contributed by atoms with E-state index < -0.39 is 87.7 Å². The number of alkyl halides is 5. The maximum absolute atomic E-state index is 13.0. The summed E-state index contributed by atoms with van der Waals surface area (Å²) in [5.74, 6) is -3.20. The quantitative estimate of drug-likeness (QED) is 0.0236. The molecule has 0 fully saturated rings. The monoisotopic (exact) mass is 2390 g/mol. The Balaban J connectivity index is 0.000000221. The zero-order valence-electron chi connectivity index (χ0n) is 66.6. The summed E-state index contributed by atoms with van der Waals surface area (Å²) >= 11 is 11.2. The zero-order chi connectivity index (χ0) is 88.6. The van der Waals surface area contributed by atoms with Gasteiger partial charge < -0.3 is 33.0 Å². The van der Waals surface area contributed by atoms with E-state index >= 15 is 0 Å². The van der Waals surface area contributed by atoms with Crippen molar-refractivity contribution in [1.82, 2.24) is 0 Å². The van der Waals surface area contributed by atoms with Gasteiger partial charge in [-0.2, -0.15) is 22.0 Å². The number of aromatic hydroxyl groups is 1. The lowest BCUT2D eigenvalue weighted by Gasteiger charge is -2.34. The molecule has 10 aromatic rings. The fourth-order valence-corrected chi connectivity index (χ4v) is 26.0. The van der Waals surface area contributed by atoms with Gasteiger partial charge in [0.2, 0.25) is 19.5 Å². The van der Waals surface area contributed by atoms with Gasteiger partial charge >= 0.3 is 65.8 Å². The van der Waals surface area contributed by atoms with Crippen LogP contribution in [0.5, 0.6) is 23.0 Å². The van der Waals surface area contributed by atoms with Crippen molar-refractivity contribution in [2.45, 2.75) is 175 Å². The lowest BCUT2D eigenvalue weighted by molar-refractivity contribution is -0.599. The van der Waals surface area contributed by atoms with E-state index in [2.05, 4.69) is 261 Å². The number of phenols is 1. The van der Waals surface area contributed by atoms with Gasteiger partial charge in [-0.1, -0.05) is 241 Å². The van der Waals surface area contributed by atoms with Gasteiger partial charge in [0, 0.05) is 19.2 Å². The number of phenolic OH excluding ortho intramolecular Hbond substituents is 1. The van der Waals surface area contributed by atoms with Crippen molar-refractivity contribution in [3.05, 3.63) is 291 Å². The number of halogens is 12. The van der Waals surface area contributed by atoms with Crippen LogP contribution in [0.25, 0.3) is 0 Å². The minimum atomic E-state index is -6.12. The number of esters is 2. The summed E-state index contributed by atoms with van der Waals surface area (Å²) in [4.78, 5) is 26.6. The van der Waals surface area contributed by atoms with Crippen LogP contribution in [0.1, 0.15) is 165 Å². The van der Waals surface area contributed by atoms with Crippen LogP contribution in [-0.2, 0) is 67.0 Å². The second-order valence-electron chi connectivity index (χ2n) is 30.3. The maximum atomic E-state index is 13.0. The number of benzene rings is 10. The van der Waals surface area contributed by atoms with Crippen LogP contribution >= 0.6 is 99.6 Å². The van der Waals surface area contributed by atoms with Crippen LogP contribution < -0.4 is 51.9 Å². The van der Waals surface area contributed by atoms with Gasteiger partial charge in [-0.25, -0.2) is 34.8 Å². The molecular weight excluding hydrogens is 2300 g/mol. The average molecular weight is 2390 g/mol. The van der Waals surface area contributed by atoms with Gasteiger partial charge in [-0.3, -0.25) is 0 Å². The standard InChI is InChI=1S/C21H28I.C18H30O3S.C18H13OS.C12H10I.C10H7Br2F3O6S.C8H3F2I3O5S/c1-14(2)17-12-19(15(3)4)21(20(13-17)16(5)6)22-18-10-8-7-9-11-18;1-16(2,3)12-10-13(17(4,5)6)15(22(19,20)21)14(11-12)18(7,8)9;1-2-8-14(9-3-1)20-17-12-6-4-10-15(17)19-16-11-5-7-13-18(16)20;1-3-7-11(8-4-1)13-12-9-5-2-6-10-12;11-4-1-5(8(16)6(12)2-4)9(17)21-7(10(13,14)15)3-22(18,19)20;9-8(10,19(15,16)17)7(14)18-6-4(12)1-3(11)2-5(6)13/h7-16H,1-6H3;10-11H,1-9H3,(H,19,20,21);1-13H;1-10H;1-2,7,16H,3H2,(H,18,19,20);1-2H,(H,15,16,17)/q+1;;2*+1;;/p-3. The Kier molecular flexibility index (Phi) is 37.7. The molecule has 0 radical (unpaired) electrons. The van der Waals surface area contributed by atoms with Crippen LogP contribution in [-0.4, -0.2) is 79.2 Å². The highest BCUT2D eigenvalue weighted by molar-refractivity contribution is 14.1. The molecular formula is C87H88Br2F5I5O15S4. The molecule has 1 heterocycles. The molecule has 1 N–H and O–H groups in total. The molecule has 0 aromatic heterocycles. The van der Waals surface area contributed by atoms with Gasteiger partial charge in [-0.15, -0.1) is 0 Å². The van der Waals surface area contributed by atoms with Gasteiger partial charge in [0.05, 0.1) is 32.4 Å². The van der Waals surface area contributed by atoms with Crippen molar-refractivity contribution in [2.75, 3.05) is 5.75 Å². The second kappa shape index (κ2) is 43.6. The molecule has 1 aliphatic heterocycles. The summed E-state index contributed by atoms with van der Waals surface area (Å²) in [6, 6.07) is 73.8. The molecule has 0 saturated carbocycles. The Morgan fingerprint density at radius 3 is 1.30 bits per heavy atom. The fraction of sp³-hybridized carbons (Fsp3) is 0.287. The first kappa shape index (κ1) is 102. The largest absolute Gasteiger partial charge is 0.748 e. The number of ether oxygens (including phenoxy) is 3. The molecule has 0 aliphatic carbocycles. The Bertz CT molecular complexity index is 5300. The molecule has 1 aliphatic rings. The minimum absolute atomic E-state index is 0.00571. The van der Waals surface area contributed by atoms with Crippen LogP contribution in [0.4, 0.5) is 22.0 Å². The highest BCUT2D eigenvalue weighted by Crippen LogP contribution is 2.47. The van der Waals surface area contributed by atoms with Crippen LogP contribution in [0.2, 0.25) is 0 Å². The first-order valence-electron chi connectivity index (χ1n) is 36.0. The lowest BCUT2D eigenvalue weighted by Crippen LogP contribution is -3.62. The molecule has 0 amide bonds. The van der Waals surface area contributed by atoms with E-state index in [0.29, 0.717) is 36.0 Å². The highest BCUT2D eigenvalue weighted by Gasteiger charge is 2.50. The van der Waals surface area contributed by atoms with Crippen molar-refractivity contribution >= 4 is 153 Å². The third-order valence-electron chi connectivity index (χ3n) is 16.8. The van der Waals surface area contributed by atoms with E-state index in [1.165, 1.54) is 49.2 Å². The second-order valence-corrected chi connectivity index (χ2v) is 47.7. The van der Waals surface area contributed by atoms with E-state index in [4.69, 9.17) is 4.74 Å². The van der Waals surface area contributed by atoms with E-state index in [1.54, 1.807) is 59.9 Å². The number of fused-ring (bicyclic) bond motifs is 2. The predicted octanol–water partition coefficient (Wildman–Crippen LogP) is 17.5. The third kappa shape index (κ3) is 30.2. The molecule has 0 spiro atoms. The van der Waals surface area contributed by atoms with Gasteiger partial charge in [0.25, 0.3) is 0 Å². The smallest absolute Gasteiger partial charge is 0.429 e. The molecule has 634 valence electrons. The summed E-state index contributed by atoms with van der Waals surface area (Å²) in [5.41, 5.74) is 5.31. The Labute approximate surface area is 770 Å². The lowest BCUT2D eigenvalue weighted by atomic mass is 9.75. The Morgan fingerprint density at radius 1 is 0.534 bits per heavy atom. The molecule has 0 bridgehead atoms. The predicted molar refractivity (Wildman–Crippen MR) is 473 cm³/mol. The van der Waals surface area contributed by atoms with Crippen molar-refractivity contribution in [3.63, 3.8) is 0 Å². The summed E-state index contributed by atoms with van der Waals surface area (Å²) in [5, 5.41) is 4.49. The molecule has 1 atom stereocenters. The van der Waals surface area contributed by atoms with Crippen molar-refractivity contribution in [2.24, 2.45) is 0 Å². The van der Waals surface area contributed by atoms with Crippen molar-refractivity contribution in [1.29, 1.82) is 0 Å². The first-order chi connectivity index (χ1) is 54.5. The molecule has 11 rings (SSSR count). The van der Waals surface area contributed by atoms with Crippen molar-refractivity contribution in [3.8, 4) is 23.0 Å². The van der Waals surface area contributed by atoms with Gasteiger partial charge in [0.1, 0.15) is 32.3 Å². The summed E-state index contributed by atoms with van der Waals surface area (Å²) in [7, 11) is -16.0.